The summed E-state index contributed by atoms with van der Waals surface area (Å²) in [6.07, 6.45) is 8.49. The Balaban J connectivity index is 0.843. The van der Waals surface area contributed by atoms with Gasteiger partial charge in [0.15, 0.2) is 0 Å². The lowest BCUT2D eigenvalue weighted by Crippen LogP contribution is -2.42. The van der Waals surface area contributed by atoms with Crippen LogP contribution in [0, 0.1) is 6.92 Å². The Morgan fingerprint density at radius 2 is 1.93 bits per heavy atom. The van der Waals surface area contributed by atoms with Gasteiger partial charge in [-0.2, -0.15) is 0 Å². The first-order chi connectivity index (χ1) is 27.1. The van der Waals surface area contributed by atoms with Crippen molar-refractivity contribution in [2.24, 2.45) is 0 Å². The predicted octanol–water partition coefficient (Wildman–Crippen LogP) is 6.44. The molecule has 1 saturated carbocycles. The van der Waals surface area contributed by atoms with Crippen LogP contribution in [-0.2, 0) is 41.1 Å². The summed E-state index contributed by atoms with van der Waals surface area (Å²) in [6, 6.07) is 16.2. The van der Waals surface area contributed by atoms with Crippen LogP contribution in [0.4, 0.5) is 0 Å². The molecule has 0 bridgehead atoms. The predicted molar refractivity (Wildman–Crippen MR) is 220 cm³/mol. The van der Waals surface area contributed by atoms with Crippen LogP contribution < -0.4 is 10.9 Å². The lowest BCUT2D eigenvalue weighted by Gasteiger charge is -2.35. The van der Waals surface area contributed by atoms with E-state index < -0.39 is 17.7 Å². The number of aliphatic hydroxyl groups is 2. The number of thiophene rings is 2. The Morgan fingerprint density at radius 1 is 1.11 bits per heavy atom. The molecule has 56 heavy (non-hydrogen) atoms. The van der Waals surface area contributed by atoms with Gasteiger partial charge in [-0.3, -0.25) is 4.79 Å². The molecular weight excluding hydrogens is 747 g/mol. The van der Waals surface area contributed by atoms with E-state index in [1.165, 1.54) is 57.0 Å². The minimum atomic E-state index is -1.78. The first kappa shape index (κ1) is 38.5. The van der Waals surface area contributed by atoms with Crippen molar-refractivity contribution in [3.8, 4) is 5.75 Å². The maximum absolute atomic E-state index is 13.6. The van der Waals surface area contributed by atoms with Crippen molar-refractivity contribution in [2.75, 3.05) is 20.1 Å². The van der Waals surface area contributed by atoms with Gasteiger partial charge < -0.3 is 39.8 Å². The minimum absolute atomic E-state index is 0.0257. The number of esters is 1. The Bertz CT molecular complexity index is 2390. The average molecular weight is 796 g/mol. The smallest absolute Gasteiger partial charge is 0.349 e. The molecule has 11 nitrogen and oxygen atoms in total. The van der Waals surface area contributed by atoms with E-state index in [0.717, 1.165) is 74.8 Å². The summed E-state index contributed by atoms with van der Waals surface area (Å²) in [4.78, 5) is 37.5. The van der Waals surface area contributed by atoms with Crippen LogP contribution in [0.25, 0.3) is 21.9 Å². The fourth-order valence-electron chi connectivity index (χ4n) is 8.72. The standard InChI is InChI=1S/C43H49N5O6S2/c1-26-9-17-38(56-26)43(53,37-8-4-21-55-37)42(52)54-29-12-10-28(11-13-29)47(2)19-5-20-48-25-45-34-22-27(30-6-3-7-33(30)41(34)48)23-44-24-36(50)31-14-16-35(49)40-32(31)15-18-39(51)46-40/h4,8-9,14-18,21-22,25,28-29,36,44,49-50,53H,3,5-7,10-13,19-20,23-24H2,1-2H3,(H,46,51)/t28?,29?,36-,43?/m0/s1. The summed E-state index contributed by atoms with van der Waals surface area (Å²) in [6.45, 7) is 4.71. The number of aromatic amines is 1. The molecule has 13 heteroatoms. The number of aromatic hydroxyl groups is 1. The van der Waals surface area contributed by atoms with E-state index in [4.69, 9.17) is 9.72 Å². The molecule has 1 unspecified atom stereocenters. The zero-order chi connectivity index (χ0) is 39.0. The highest BCUT2D eigenvalue weighted by Gasteiger charge is 2.45. The molecule has 8 rings (SSSR count). The van der Waals surface area contributed by atoms with Crippen molar-refractivity contribution in [3.63, 3.8) is 0 Å². The summed E-state index contributed by atoms with van der Waals surface area (Å²) in [5, 5.41) is 39.0. The zero-order valence-corrected chi connectivity index (χ0v) is 33.4. The van der Waals surface area contributed by atoms with E-state index in [0.29, 0.717) is 45.4 Å². The highest BCUT2D eigenvalue weighted by molar-refractivity contribution is 7.13. The van der Waals surface area contributed by atoms with Crippen molar-refractivity contribution < 1.29 is 24.9 Å². The first-order valence-electron chi connectivity index (χ1n) is 19.6. The molecule has 6 aromatic rings. The molecule has 0 aliphatic heterocycles. The van der Waals surface area contributed by atoms with Gasteiger partial charge in [-0.05, 0) is 136 Å². The number of carbonyl (C=O) groups excluding carboxylic acids is 1. The number of carbonyl (C=O) groups is 1. The number of hydrogen-bond acceptors (Lipinski definition) is 11. The van der Waals surface area contributed by atoms with Gasteiger partial charge in [0.05, 0.1) is 38.7 Å². The normalized spacial score (nSPS) is 18.7. The molecule has 4 heterocycles. The monoisotopic (exact) mass is 795 g/mol. The summed E-state index contributed by atoms with van der Waals surface area (Å²) in [7, 11) is 2.19. The quantitative estimate of drug-likeness (QED) is 0.0785. The molecular formula is C43H49N5O6S2. The number of aromatic nitrogens is 3. The average Bonchev–Trinajstić information content (AvgIpc) is 4.03. The molecule has 2 aliphatic carbocycles. The number of benzene rings is 2. The van der Waals surface area contributed by atoms with Crippen molar-refractivity contribution in [3.05, 3.63) is 114 Å². The summed E-state index contributed by atoms with van der Waals surface area (Å²) in [5.74, 6) is -0.609. The number of nitrogens with one attached hydrogen (secondary N) is 2. The van der Waals surface area contributed by atoms with E-state index in [1.54, 1.807) is 18.2 Å². The van der Waals surface area contributed by atoms with Gasteiger partial charge in [0.25, 0.3) is 0 Å². The van der Waals surface area contributed by atoms with Gasteiger partial charge in [-0.1, -0.05) is 12.1 Å². The number of aryl methyl sites for hydroxylation is 3. The number of pyridine rings is 1. The first-order valence-corrected chi connectivity index (χ1v) is 21.3. The van der Waals surface area contributed by atoms with Crippen molar-refractivity contribution in [1.29, 1.82) is 0 Å². The SMILES string of the molecule is Cc1ccc(C(O)(C(=O)OC2CCC(N(C)CCCn3cnc4cc(CNC[C@H](O)c5ccc(O)c6[nH]c(=O)ccc56)c5c(c43)CCC5)CC2)c2cccs2)s1. The van der Waals surface area contributed by atoms with Crippen molar-refractivity contribution >= 4 is 50.6 Å². The number of nitrogens with zero attached hydrogens (tertiary/aromatic N) is 3. The van der Waals surface area contributed by atoms with Gasteiger partial charge in [-0.15, -0.1) is 22.7 Å². The van der Waals surface area contributed by atoms with E-state index in [-0.39, 0.29) is 17.4 Å². The zero-order valence-electron chi connectivity index (χ0n) is 31.8. The number of hydrogen-bond donors (Lipinski definition) is 5. The fraction of sp³-hybridized carbons (Fsp3) is 0.419. The van der Waals surface area contributed by atoms with Gasteiger partial charge in [-0.25, -0.2) is 9.78 Å². The number of aliphatic hydroxyl groups excluding tert-OH is 1. The van der Waals surface area contributed by atoms with Crippen LogP contribution in [0.5, 0.6) is 5.75 Å². The second-order valence-electron chi connectivity index (χ2n) is 15.4. The molecule has 0 radical (unpaired) electrons. The van der Waals surface area contributed by atoms with Gasteiger partial charge in [0, 0.05) is 42.0 Å². The second-order valence-corrected chi connectivity index (χ2v) is 17.6. The van der Waals surface area contributed by atoms with Gasteiger partial charge >= 0.3 is 5.97 Å². The van der Waals surface area contributed by atoms with Crippen LogP contribution in [0.15, 0.2) is 71.1 Å². The number of rotatable bonds is 14. The van der Waals surface area contributed by atoms with E-state index in [2.05, 4.69) is 32.9 Å². The largest absolute Gasteiger partial charge is 0.506 e. The lowest BCUT2D eigenvalue weighted by molar-refractivity contribution is -0.169. The van der Waals surface area contributed by atoms with E-state index in [1.807, 2.05) is 36.8 Å². The van der Waals surface area contributed by atoms with Crippen LogP contribution in [0.3, 0.4) is 0 Å². The molecule has 2 atom stereocenters. The number of phenolic OH excluding ortho intramolecular Hbond substituents is 1. The number of fused-ring (bicyclic) bond motifs is 4. The van der Waals surface area contributed by atoms with Crippen LogP contribution in [-0.4, -0.2) is 73.0 Å². The molecule has 5 N–H and O–H groups in total. The molecule has 1 fully saturated rings. The second kappa shape index (κ2) is 16.2. The number of phenols is 1. The number of H-pyrrole nitrogens is 1. The fourth-order valence-corrected chi connectivity index (χ4v) is 10.6. The molecule has 294 valence electrons. The van der Waals surface area contributed by atoms with E-state index in [9.17, 15) is 24.9 Å². The molecule has 2 aromatic carbocycles. The van der Waals surface area contributed by atoms with Crippen LogP contribution in [0.2, 0.25) is 0 Å². The van der Waals surface area contributed by atoms with Gasteiger partial charge in [0.1, 0.15) is 11.9 Å². The Kier molecular flexibility index (Phi) is 11.2. The summed E-state index contributed by atoms with van der Waals surface area (Å²) < 4.78 is 8.34. The van der Waals surface area contributed by atoms with Gasteiger partial charge in [0.2, 0.25) is 11.2 Å². The molecule has 0 amide bonds. The molecule has 0 spiro atoms. The maximum Gasteiger partial charge on any atom is 0.349 e. The topological polar surface area (TPSA) is 153 Å². The number of imidazole rings is 1. The Morgan fingerprint density at radius 3 is 2.70 bits per heavy atom. The van der Waals surface area contributed by atoms with Crippen molar-refractivity contribution in [2.45, 2.75) is 95.2 Å². The Labute approximate surface area is 333 Å². The van der Waals surface area contributed by atoms with E-state index >= 15 is 0 Å². The molecule has 2 aliphatic rings. The third-order valence-electron chi connectivity index (χ3n) is 11.7. The Hall–Kier alpha value is -4.37. The van der Waals surface area contributed by atoms with Crippen LogP contribution >= 0.6 is 22.7 Å². The summed E-state index contributed by atoms with van der Waals surface area (Å²) >= 11 is 2.79. The van der Waals surface area contributed by atoms with Crippen LogP contribution in [0.1, 0.15) is 81.5 Å². The highest BCUT2D eigenvalue weighted by atomic mass is 32.1. The third-order valence-corrected chi connectivity index (χ3v) is 13.8. The maximum atomic E-state index is 13.6. The number of ether oxygens (including phenoxy) is 1. The van der Waals surface area contributed by atoms with Crippen molar-refractivity contribution in [1.82, 2.24) is 24.8 Å². The summed E-state index contributed by atoms with van der Waals surface area (Å²) in [5.41, 5.74) is 5.08. The highest BCUT2D eigenvalue weighted by Crippen LogP contribution is 2.39. The molecule has 0 saturated heterocycles. The lowest BCUT2D eigenvalue weighted by atomic mass is 9.91. The third kappa shape index (κ3) is 7.56. The molecule has 4 aromatic heterocycles. The minimum Gasteiger partial charge on any atom is -0.506 e.